The van der Waals surface area contributed by atoms with Gasteiger partial charge in [0.2, 0.25) is 0 Å². The van der Waals surface area contributed by atoms with Crippen molar-refractivity contribution in [3.63, 3.8) is 0 Å². The molecule has 0 radical (unpaired) electrons. The zero-order valence-electron chi connectivity index (χ0n) is 16.5. The maximum atomic E-state index is 13.0. The second kappa shape index (κ2) is 6.74. The van der Waals surface area contributed by atoms with Crippen molar-refractivity contribution >= 4 is 5.91 Å². The van der Waals surface area contributed by atoms with Crippen LogP contribution >= 0.6 is 0 Å². The summed E-state index contributed by atoms with van der Waals surface area (Å²) in [6.07, 6.45) is 5.39. The SMILES string of the molecule is Cn1ccnc1[C@]1(O)COC2(CCN(C(=O)c3ccc4c(c3)OCCO4)CC2)C1. The Kier molecular flexibility index (Phi) is 4.29. The highest BCUT2D eigenvalue weighted by Crippen LogP contribution is 2.45. The molecule has 1 atom stereocenters. The van der Waals surface area contributed by atoms with Crippen molar-refractivity contribution in [2.24, 2.45) is 7.05 Å². The van der Waals surface area contributed by atoms with Crippen LogP contribution in [-0.4, -0.2) is 64.0 Å². The van der Waals surface area contributed by atoms with Gasteiger partial charge in [-0.3, -0.25) is 4.79 Å². The number of aliphatic hydroxyl groups is 1. The van der Waals surface area contributed by atoms with Crippen LogP contribution in [0.15, 0.2) is 30.6 Å². The Morgan fingerprint density at radius 3 is 2.66 bits per heavy atom. The number of ether oxygens (including phenoxy) is 3. The molecule has 2 fully saturated rings. The second-order valence-corrected chi connectivity index (χ2v) is 8.19. The molecule has 0 unspecified atom stereocenters. The summed E-state index contributed by atoms with van der Waals surface area (Å²) in [6.45, 7) is 2.42. The monoisotopic (exact) mass is 399 g/mol. The smallest absolute Gasteiger partial charge is 0.253 e. The first-order valence-corrected chi connectivity index (χ1v) is 10.0. The molecule has 154 valence electrons. The van der Waals surface area contributed by atoms with E-state index >= 15 is 0 Å². The van der Waals surface area contributed by atoms with Crippen molar-refractivity contribution in [1.29, 1.82) is 0 Å². The maximum absolute atomic E-state index is 13.0. The molecule has 1 N–H and O–H groups in total. The lowest BCUT2D eigenvalue weighted by Gasteiger charge is -2.39. The predicted molar refractivity (Wildman–Crippen MR) is 103 cm³/mol. The molecule has 3 aliphatic heterocycles. The van der Waals surface area contributed by atoms with Gasteiger partial charge in [0.05, 0.1) is 12.2 Å². The summed E-state index contributed by atoms with van der Waals surface area (Å²) >= 11 is 0. The molecule has 1 aromatic carbocycles. The molecule has 8 nitrogen and oxygen atoms in total. The van der Waals surface area contributed by atoms with Crippen molar-refractivity contribution < 1.29 is 24.1 Å². The molecule has 1 spiro atoms. The van der Waals surface area contributed by atoms with Gasteiger partial charge in [-0.15, -0.1) is 0 Å². The first kappa shape index (κ1) is 18.4. The van der Waals surface area contributed by atoms with Gasteiger partial charge >= 0.3 is 0 Å². The number of amides is 1. The third-order valence-corrected chi connectivity index (χ3v) is 6.22. The summed E-state index contributed by atoms with van der Waals surface area (Å²) in [5, 5.41) is 11.1. The van der Waals surface area contributed by atoms with Crippen LogP contribution in [0, 0.1) is 0 Å². The Balaban J connectivity index is 1.26. The van der Waals surface area contributed by atoms with Crippen LogP contribution < -0.4 is 9.47 Å². The van der Waals surface area contributed by atoms with E-state index in [-0.39, 0.29) is 12.5 Å². The van der Waals surface area contributed by atoms with Crippen LogP contribution in [0.5, 0.6) is 11.5 Å². The minimum absolute atomic E-state index is 0.0193. The van der Waals surface area contributed by atoms with Crippen LogP contribution in [0.1, 0.15) is 35.4 Å². The number of hydrogen-bond acceptors (Lipinski definition) is 6. The van der Waals surface area contributed by atoms with Crippen molar-refractivity contribution in [1.82, 2.24) is 14.5 Å². The van der Waals surface area contributed by atoms with E-state index in [1.165, 1.54) is 0 Å². The molecular formula is C21H25N3O5. The fourth-order valence-electron chi connectivity index (χ4n) is 4.66. The topological polar surface area (TPSA) is 86.1 Å². The lowest BCUT2D eigenvalue weighted by Crippen LogP contribution is -2.47. The summed E-state index contributed by atoms with van der Waals surface area (Å²) in [5.74, 6) is 1.91. The number of benzene rings is 1. The van der Waals surface area contributed by atoms with Gasteiger partial charge in [-0.05, 0) is 31.0 Å². The van der Waals surface area contributed by atoms with E-state index in [0.29, 0.717) is 68.5 Å². The van der Waals surface area contributed by atoms with E-state index in [0.717, 1.165) is 0 Å². The molecule has 2 aromatic rings. The number of rotatable bonds is 2. The molecule has 3 aliphatic rings. The normalized spacial score (nSPS) is 25.4. The quantitative estimate of drug-likeness (QED) is 0.823. The van der Waals surface area contributed by atoms with Gasteiger partial charge in [0.1, 0.15) is 24.6 Å². The highest BCUT2D eigenvalue weighted by atomic mass is 16.6. The number of carbonyl (C=O) groups is 1. The van der Waals surface area contributed by atoms with Crippen LogP contribution in [0.2, 0.25) is 0 Å². The molecule has 29 heavy (non-hydrogen) atoms. The van der Waals surface area contributed by atoms with Crippen LogP contribution in [0.3, 0.4) is 0 Å². The van der Waals surface area contributed by atoms with Crippen molar-refractivity contribution in [2.45, 2.75) is 30.5 Å². The Morgan fingerprint density at radius 2 is 1.93 bits per heavy atom. The average molecular weight is 399 g/mol. The lowest BCUT2D eigenvalue weighted by molar-refractivity contribution is -0.0438. The molecule has 0 saturated carbocycles. The van der Waals surface area contributed by atoms with Gasteiger partial charge in [-0.2, -0.15) is 0 Å². The van der Waals surface area contributed by atoms with E-state index in [4.69, 9.17) is 14.2 Å². The summed E-state index contributed by atoms with van der Waals surface area (Å²) < 4.78 is 19.1. The Morgan fingerprint density at radius 1 is 1.17 bits per heavy atom. The van der Waals surface area contributed by atoms with Crippen molar-refractivity contribution in [3.05, 3.63) is 42.0 Å². The molecule has 5 rings (SSSR count). The van der Waals surface area contributed by atoms with E-state index in [1.54, 1.807) is 24.4 Å². The third-order valence-electron chi connectivity index (χ3n) is 6.22. The van der Waals surface area contributed by atoms with Gasteiger partial charge in [-0.1, -0.05) is 0 Å². The van der Waals surface area contributed by atoms with E-state index in [9.17, 15) is 9.90 Å². The summed E-state index contributed by atoms with van der Waals surface area (Å²) in [5.41, 5.74) is -0.896. The van der Waals surface area contributed by atoms with Crippen LogP contribution in [-0.2, 0) is 17.4 Å². The number of hydrogen-bond donors (Lipinski definition) is 1. The largest absolute Gasteiger partial charge is 0.486 e. The fraction of sp³-hybridized carbons (Fsp3) is 0.524. The number of fused-ring (bicyclic) bond motifs is 1. The third kappa shape index (κ3) is 3.16. The molecular weight excluding hydrogens is 374 g/mol. The summed E-state index contributed by atoms with van der Waals surface area (Å²) in [7, 11) is 1.87. The maximum Gasteiger partial charge on any atom is 0.253 e. The number of carbonyl (C=O) groups excluding carboxylic acids is 1. The second-order valence-electron chi connectivity index (χ2n) is 8.19. The number of imidazole rings is 1. The van der Waals surface area contributed by atoms with Gasteiger partial charge in [-0.25, -0.2) is 4.98 Å². The number of piperidine rings is 1. The molecule has 0 aliphatic carbocycles. The summed E-state index contributed by atoms with van der Waals surface area (Å²) in [4.78, 5) is 19.1. The highest BCUT2D eigenvalue weighted by Gasteiger charge is 2.52. The van der Waals surface area contributed by atoms with E-state index in [2.05, 4.69) is 4.98 Å². The lowest BCUT2D eigenvalue weighted by atomic mass is 9.83. The summed E-state index contributed by atoms with van der Waals surface area (Å²) in [6, 6.07) is 5.33. The first-order valence-electron chi connectivity index (χ1n) is 10.0. The minimum atomic E-state index is -1.08. The number of aromatic nitrogens is 2. The minimum Gasteiger partial charge on any atom is -0.486 e. The number of aryl methyl sites for hydroxylation is 1. The molecule has 0 bridgehead atoms. The number of nitrogens with zero attached hydrogens (tertiary/aromatic N) is 3. The first-order chi connectivity index (χ1) is 14.0. The van der Waals surface area contributed by atoms with Gasteiger partial charge < -0.3 is 28.8 Å². The van der Waals surface area contributed by atoms with Crippen LogP contribution in [0.4, 0.5) is 0 Å². The fourth-order valence-corrected chi connectivity index (χ4v) is 4.66. The van der Waals surface area contributed by atoms with Crippen LogP contribution in [0.25, 0.3) is 0 Å². The van der Waals surface area contributed by atoms with Gasteiger partial charge in [0, 0.05) is 44.5 Å². The standard InChI is InChI=1S/C21H25N3O5/c1-23-9-6-22-19(23)21(26)13-20(29-14-21)4-7-24(8-5-20)18(25)15-2-3-16-17(12-15)28-11-10-27-16/h2-3,6,9,12,26H,4-5,7-8,10-11,13-14H2,1H3/t21-/m1/s1. The molecule has 2 saturated heterocycles. The van der Waals surface area contributed by atoms with E-state index < -0.39 is 11.2 Å². The molecule has 8 heteroatoms. The predicted octanol–water partition coefficient (Wildman–Crippen LogP) is 1.47. The molecule has 4 heterocycles. The number of likely N-dealkylation sites (tertiary alicyclic amines) is 1. The molecule has 1 aromatic heterocycles. The van der Waals surface area contributed by atoms with Crippen molar-refractivity contribution in [3.8, 4) is 11.5 Å². The Labute approximate surface area is 169 Å². The van der Waals surface area contributed by atoms with Gasteiger partial charge in [0.15, 0.2) is 11.5 Å². The zero-order chi connectivity index (χ0) is 20.1. The van der Waals surface area contributed by atoms with E-state index in [1.807, 2.05) is 22.7 Å². The Hall–Kier alpha value is -2.58. The average Bonchev–Trinajstić information content (AvgIpc) is 3.32. The van der Waals surface area contributed by atoms with Crippen molar-refractivity contribution in [2.75, 3.05) is 32.9 Å². The van der Waals surface area contributed by atoms with Gasteiger partial charge in [0.25, 0.3) is 5.91 Å². The Bertz CT molecular complexity index is 934. The molecule has 1 amide bonds. The zero-order valence-corrected chi connectivity index (χ0v) is 16.5. The highest BCUT2D eigenvalue weighted by molar-refractivity contribution is 5.95.